The van der Waals surface area contributed by atoms with Crippen molar-refractivity contribution in [1.29, 1.82) is 0 Å². The molecule has 7 heteroatoms. The van der Waals surface area contributed by atoms with Crippen LogP contribution in [0.4, 0.5) is 4.39 Å². The van der Waals surface area contributed by atoms with Crippen LogP contribution >= 0.6 is 15.9 Å². The van der Waals surface area contributed by atoms with Crippen molar-refractivity contribution < 1.29 is 22.3 Å². The molecule has 1 aromatic carbocycles. The third kappa shape index (κ3) is 3.78. The second-order valence-electron chi connectivity index (χ2n) is 3.14. The average Bonchev–Trinajstić information content (AvgIpc) is 2.21. The Bertz CT molecular complexity index is 527. The van der Waals surface area contributed by atoms with E-state index in [1.54, 1.807) is 6.92 Å². The second-order valence-corrected chi connectivity index (χ2v) is 5.98. The first-order valence-corrected chi connectivity index (χ1v) is 7.14. The lowest BCUT2D eigenvalue weighted by molar-refractivity contribution is -0.139. The molecular formula is C10H10BrFO4S. The molecule has 0 aliphatic rings. The minimum Gasteiger partial charge on any atom is -0.465 e. The largest absolute Gasteiger partial charge is 0.465 e. The fourth-order valence-electron chi connectivity index (χ4n) is 1.11. The van der Waals surface area contributed by atoms with Crippen LogP contribution in [0, 0.1) is 5.82 Å². The van der Waals surface area contributed by atoms with Crippen molar-refractivity contribution in [3.63, 3.8) is 0 Å². The first kappa shape index (κ1) is 14.1. The van der Waals surface area contributed by atoms with E-state index in [0.29, 0.717) is 0 Å². The first-order valence-electron chi connectivity index (χ1n) is 4.70. The molecule has 17 heavy (non-hydrogen) atoms. The van der Waals surface area contributed by atoms with Gasteiger partial charge in [0.2, 0.25) is 0 Å². The zero-order valence-corrected chi connectivity index (χ0v) is 11.3. The molecule has 0 saturated carbocycles. The molecule has 0 spiro atoms. The fraction of sp³-hybridized carbons (Fsp3) is 0.300. The number of ether oxygens (including phenoxy) is 1. The average molecular weight is 325 g/mol. The smallest absolute Gasteiger partial charge is 0.321 e. The number of benzene rings is 1. The van der Waals surface area contributed by atoms with Crippen molar-refractivity contribution in [2.24, 2.45) is 0 Å². The van der Waals surface area contributed by atoms with Crippen LogP contribution in [0.15, 0.2) is 27.6 Å². The van der Waals surface area contributed by atoms with Gasteiger partial charge in [-0.3, -0.25) is 4.79 Å². The maximum Gasteiger partial charge on any atom is 0.321 e. The summed E-state index contributed by atoms with van der Waals surface area (Å²) < 4.78 is 41.0. The highest BCUT2D eigenvalue weighted by atomic mass is 79.9. The third-order valence-corrected chi connectivity index (χ3v) is 4.06. The number of carbonyl (C=O) groups excluding carboxylic acids is 1. The van der Waals surface area contributed by atoms with Crippen LogP contribution in [0.5, 0.6) is 0 Å². The molecule has 0 radical (unpaired) electrons. The van der Waals surface area contributed by atoms with Gasteiger partial charge in [-0.2, -0.15) is 0 Å². The summed E-state index contributed by atoms with van der Waals surface area (Å²) in [4.78, 5) is 11.0. The van der Waals surface area contributed by atoms with E-state index in [4.69, 9.17) is 0 Å². The second kappa shape index (κ2) is 5.59. The third-order valence-electron chi connectivity index (χ3n) is 1.86. The Morgan fingerprint density at radius 1 is 1.47 bits per heavy atom. The van der Waals surface area contributed by atoms with Gasteiger partial charge in [0.25, 0.3) is 0 Å². The molecule has 0 saturated heterocycles. The molecule has 0 fully saturated rings. The molecule has 0 unspecified atom stereocenters. The van der Waals surface area contributed by atoms with Crippen LogP contribution < -0.4 is 0 Å². The Morgan fingerprint density at radius 2 is 2.12 bits per heavy atom. The lowest BCUT2D eigenvalue weighted by atomic mass is 10.3. The van der Waals surface area contributed by atoms with Gasteiger partial charge in [0.1, 0.15) is 5.82 Å². The Morgan fingerprint density at radius 3 is 2.65 bits per heavy atom. The Kier molecular flexibility index (Phi) is 4.64. The van der Waals surface area contributed by atoms with Gasteiger partial charge in [0.05, 0.1) is 16.0 Å². The van der Waals surface area contributed by atoms with Crippen molar-refractivity contribution in [2.75, 3.05) is 12.4 Å². The van der Waals surface area contributed by atoms with Crippen LogP contribution in [0.1, 0.15) is 6.92 Å². The van der Waals surface area contributed by atoms with Crippen molar-refractivity contribution in [3.8, 4) is 0 Å². The van der Waals surface area contributed by atoms with Gasteiger partial charge in [-0.05, 0) is 41.1 Å². The number of hydrogen-bond donors (Lipinski definition) is 0. The van der Waals surface area contributed by atoms with Crippen LogP contribution in [0.25, 0.3) is 0 Å². The standard InChI is InChI=1S/C10H10BrFO4S/c1-2-16-10(13)6-17(14,15)7-3-4-9(12)8(11)5-7/h3-5H,2,6H2,1H3. The number of halogens is 2. The molecule has 94 valence electrons. The van der Waals surface area contributed by atoms with Crippen molar-refractivity contribution in [3.05, 3.63) is 28.5 Å². The molecule has 0 aliphatic heterocycles. The zero-order valence-electron chi connectivity index (χ0n) is 8.94. The van der Waals surface area contributed by atoms with Gasteiger partial charge in [-0.25, -0.2) is 12.8 Å². The molecule has 0 amide bonds. The Labute approximate surface area is 107 Å². The summed E-state index contributed by atoms with van der Waals surface area (Å²) >= 11 is 2.88. The summed E-state index contributed by atoms with van der Waals surface area (Å²) in [6.45, 7) is 1.69. The molecule has 0 aliphatic carbocycles. The van der Waals surface area contributed by atoms with E-state index in [2.05, 4.69) is 20.7 Å². The number of sulfone groups is 1. The van der Waals surface area contributed by atoms with E-state index in [-0.39, 0.29) is 16.0 Å². The first-order chi connectivity index (χ1) is 7.86. The normalized spacial score (nSPS) is 11.2. The Hall–Kier alpha value is -0.950. The van der Waals surface area contributed by atoms with Crippen molar-refractivity contribution >= 4 is 31.7 Å². The zero-order chi connectivity index (χ0) is 13.1. The molecule has 0 atom stereocenters. The summed E-state index contributed by atoms with van der Waals surface area (Å²) in [5.41, 5.74) is 0. The van der Waals surface area contributed by atoms with E-state index in [0.717, 1.165) is 18.2 Å². The quantitative estimate of drug-likeness (QED) is 0.627. The summed E-state index contributed by atoms with van der Waals surface area (Å²) in [6, 6.07) is 3.24. The molecule has 4 nitrogen and oxygen atoms in total. The van der Waals surface area contributed by atoms with E-state index in [9.17, 15) is 17.6 Å². The topological polar surface area (TPSA) is 60.4 Å². The fourth-order valence-corrected chi connectivity index (χ4v) is 2.77. The van der Waals surface area contributed by atoms with Gasteiger partial charge in [0, 0.05) is 0 Å². The van der Waals surface area contributed by atoms with Crippen LogP contribution in [-0.2, 0) is 19.4 Å². The highest BCUT2D eigenvalue weighted by Crippen LogP contribution is 2.20. The van der Waals surface area contributed by atoms with Gasteiger partial charge in [-0.15, -0.1) is 0 Å². The molecule has 0 bridgehead atoms. The van der Waals surface area contributed by atoms with Crippen molar-refractivity contribution in [2.45, 2.75) is 11.8 Å². The van der Waals surface area contributed by atoms with Crippen LogP contribution in [0.3, 0.4) is 0 Å². The number of hydrogen-bond acceptors (Lipinski definition) is 4. The lowest BCUT2D eigenvalue weighted by Crippen LogP contribution is -2.18. The SMILES string of the molecule is CCOC(=O)CS(=O)(=O)c1ccc(F)c(Br)c1. The molecular weight excluding hydrogens is 315 g/mol. The molecule has 1 aromatic rings. The van der Waals surface area contributed by atoms with E-state index < -0.39 is 27.4 Å². The molecule has 0 heterocycles. The van der Waals surface area contributed by atoms with Crippen molar-refractivity contribution in [1.82, 2.24) is 0 Å². The van der Waals surface area contributed by atoms with Gasteiger partial charge in [0.15, 0.2) is 15.6 Å². The monoisotopic (exact) mass is 324 g/mol. The van der Waals surface area contributed by atoms with Crippen LogP contribution in [-0.4, -0.2) is 26.7 Å². The predicted molar refractivity (Wildman–Crippen MR) is 62.8 cm³/mol. The Balaban J connectivity index is 2.97. The number of carbonyl (C=O) groups is 1. The lowest BCUT2D eigenvalue weighted by Gasteiger charge is -2.05. The summed E-state index contributed by atoms with van der Waals surface area (Å²) in [7, 11) is -3.79. The van der Waals surface area contributed by atoms with Gasteiger partial charge >= 0.3 is 5.97 Å². The van der Waals surface area contributed by atoms with E-state index >= 15 is 0 Å². The molecule has 1 rings (SSSR count). The molecule has 0 N–H and O–H groups in total. The minimum absolute atomic E-state index is 0.0300. The predicted octanol–water partition coefficient (Wildman–Crippen LogP) is 1.93. The molecule has 0 aromatic heterocycles. The number of rotatable bonds is 4. The highest BCUT2D eigenvalue weighted by molar-refractivity contribution is 9.10. The maximum atomic E-state index is 12.9. The van der Waals surface area contributed by atoms with Gasteiger partial charge < -0.3 is 4.74 Å². The van der Waals surface area contributed by atoms with E-state index in [1.165, 1.54) is 0 Å². The van der Waals surface area contributed by atoms with Gasteiger partial charge in [-0.1, -0.05) is 0 Å². The van der Waals surface area contributed by atoms with Crippen LogP contribution in [0.2, 0.25) is 0 Å². The summed E-state index contributed by atoms with van der Waals surface area (Å²) in [6.07, 6.45) is 0. The minimum atomic E-state index is -3.79. The number of esters is 1. The highest BCUT2D eigenvalue weighted by Gasteiger charge is 2.21. The van der Waals surface area contributed by atoms with E-state index in [1.807, 2.05) is 0 Å². The maximum absolute atomic E-state index is 12.9. The summed E-state index contributed by atoms with van der Waals surface area (Å²) in [5.74, 6) is -2.15. The summed E-state index contributed by atoms with van der Waals surface area (Å²) in [5, 5.41) is 0.